The Morgan fingerprint density at radius 3 is 2.45 bits per heavy atom. The summed E-state index contributed by atoms with van der Waals surface area (Å²) in [5.41, 5.74) is 2.94. The number of benzene rings is 2. The monoisotopic (exact) mass is 435 g/mol. The number of rotatable bonds is 5. The summed E-state index contributed by atoms with van der Waals surface area (Å²) >= 11 is 1.40. The van der Waals surface area contributed by atoms with Crippen molar-refractivity contribution in [3.63, 3.8) is 0 Å². The highest BCUT2D eigenvalue weighted by Gasteiger charge is 2.12. The normalized spacial score (nSPS) is 12.3. The third-order valence-electron chi connectivity index (χ3n) is 4.72. The Hall–Kier alpha value is -3.78. The van der Waals surface area contributed by atoms with Crippen LogP contribution in [0.1, 0.15) is 30.9 Å². The van der Waals surface area contributed by atoms with Crippen molar-refractivity contribution in [2.75, 3.05) is 0 Å². The number of hydrogen-bond donors (Lipinski definition) is 3. The second-order valence-corrected chi connectivity index (χ2v) is 8.00. The Labute approximate surface area is 182 Å². The van der Waals surface area contributed by atoms with E-state index in [1.54, 1.807) is 17.0 Å². The maximum Gasteiger partial charge on any atom is 0.211 e. The Morgan fingerprint density at radius 2 is 1.77 bits per heavy atom. The molecule has 0 atom stereocenters. The standard InChI is InChI=1S/C23H21N3O4S/c1-14(2)15-5-8-17(9-6-15)25-23-26(18(13-31-23)20-4-3-11-30-20)24-12-16-7-10-19(27)22(29)21(16)28/h3-14,27-29H,1-2H3. The Morgan fingerprint density at radius 1 is 1.00 bits per heavy atom. The highest BCUT2D eigenvalue weighted by Crippen LogP contribution is 2.36. The number of thiazole rings is 1. The van der Waals surface area contributed by atoms with E-state index in [4.69, 9.17) is 9.41 Å². The zero-order chi connectivity index (χ0) is 22.0. The van der Waals surface area contributed by atoms with Gasteiger partial charge in [-0.25, -0.2) is 9.67 Å². The number of furan rings is 1. The summed E-state index contributed by atoms with van der Waals surface area (Å²) in [6.45, 7) is 4.28. The third kappa shape index (κ3) is 4.24. The number of hydrogen-bond acceptors (Lipinski definition) is 7. The minimum absolute atomic E-state index is 0.242. The minimum atomic E-state index is -0.597. The average molecular weight is 436 g/mol. The van der Waals surface area contributed by atoms with Crippen LogP contribution in [0.4, 0.5) is 5.69 Å². The van der Waals surface area contributed by atoms with Crippen molar-refractivity contribution in [1.82, 2.24) is 4.68 Å². The van der Waals surface area contributed by atoms with Crippen LogP contribution in [0.15, 0.2) is 74.7 Å². The molecule has 2 heterocycles. The quantitative estimate of drug-likeness (QED) is 0.297. The second-order valence-electron chi connectivity index (χ2n) is 7.17. The molecule has 158 valence electrons. The van der Waals surface area contributed by atoms with Gasteiger partial charge in [0, 0.05) is 10.9 Å². The van der Waals surface area contributed by atoms with E-state index < -0.39 is 17.2 Å². The van der Waals surface area contributed by atoms with Crippen LogP contribution in [0.25, 0.3) is 11.5 Å². The molecular weight excluding hydrogens is 414 g/mol. The van der Waals surface area contributed by atoms with Crippen molar-refractivity contribution in [2.24, 2.45) is 10.1 Å². The summed E-state index contributed by atoms with van der Waals surface area (Å²) in [5, 5.41) is 35.7. The third-order valence-corrected chi connectivity index (χ3v) is 5.53. The molecule has 0 unspecified atom stereocenters. The van der Waals surface area contributed by atoms with Crippen molar-refractivity contribution in [3.8, 4) is 28.7 Å². The van der Waals surface area contributed by atoms with Crippen LogP contribution < -0.4 is 4.80 Å². The largest absolute Gasteiger partial charge is 0.504 e. The van der Waals surface area contributed by atoms with E-state index >= 15 is 0 Å². The van der Waals surface area contributed by atoms with Gasteiger partial charge in [-0.1, -0.05) is 26.0 Å². The first-order chi connectivity index (χ1) is 14.9. The number of nitrogens with zero attached hydrogens (tertiary/aromatic N) is 3. The minimum Gasteiger partial charge on any atom is -0.504 e. The first-order valence-electron chi connectivity index (χ1n) is 9.61. The van der Waals surface area contributed by atoms with Crippen molar-refractivity contribution in [3.05, 3.63) is 76.1 Å². The predicted molar refractivity (Wildman–Crippen MR) is 120 cm³/mol. The lowest BCUT2D eigenvalue weighted by Crippen LogP contribution is -2.11. The average Bonchev–Trinajstić information content (AvgIpc) is 3.42. The number of phenolic OH excluding ortho intramolecular Hbond substituents is 3. The predicted octanol–water partition coefficient (Wildman–Crippen LogP) is 5.16. The molecule has 0 aliphatic heterocycles. The molecule has 0 amide bonds. The molecule has 0 saturated heterocycles. The zero-order valence-electron chi connectivity index (χ0n) is 16.9. The fourth-order valence-electron chi connectivity index (χ4n) is 2.94. The van der Waals surface area contributed by atoms with E-state index in [1.165, 1.54) is 35.2 Å². The Balaban J connectivity index is 1.80. The molecule has 8 heteroatoms. The van der Waals surface area contributed by atoms with Crippen molar-refractivity contribution >= 4 is 23.2 Å². The van der Waals surface area contributed by atoms with Crippen LogP contribution in [0, 0.1) is 0 Å². The smallest absolute Gasteiger partial charge is 0.211 e. The molecule has 0 fully saturated rings. The van der Waals surface area contributed by atoms with Gasteiger partial charge >= 0.3 is 0 Å². The molecule has 4 aromatic rings. The van der Waals surface area contributed by atoms with Gasteiger partial charge < -0.3 is 19.7 Å². The Bertz CT molecular complexity index is 1280. The number of aromatic hydroxyl groups is 3. The molecular formula is C23H21N3O4S. The molecule has 31 heavy (non-hydrogen) atoms. The van der Waals surface area contributed by atoms with E-state index in [-0.39, 0.29) is 5.56 Å². The summed E-state index contributed by atoms with van der Waals surface area (Å²) in [5.74, 6) is -0.412. The van der Waals surface area contributed by atoms with Gasteiger partial charge in [0.15, 0.2) is 17.3 Å². The lowest BCUT2D eigenvalue weighted by Gasteiger charge is -2.05. The maximum absolute atomic E-state index is 10.1. The first kappa shape index (κ1) is 20.5. The first-order valence-corrected chi connectivity index (χ1v) is 10.5. The number of phenols is 3. The van der Waals surface area contributed by atoms with E-state index in [0.717, 1.165) is 5.69 Å². The van der Waals surface area contributed by atoms with Crippen LogP contribution in [0.2, 0.25) is 0 Å². The van der Waals surface area contributed by atoms with Crippen LogP contribution >= 0.6 is 11.3 Å². The SMILES string of the molecule is CC(C)c1ccc(N=c2scc(-c3ccco3)n2N=Cc2ccc(O)c(O)c2O)cc1. The van der Waals surface area contributed by atoms with Gasteiger partial charge in [-0.3, -0.25) is 0 Å². The summed E-state index contributed by atoms with van der Waals surface area (Å²) in [4.78, 5) is 5.31. The summed E-state index contributed by atoms with van der Waals surface area (Å²) in [7, 11) is 0. The van der Waals surface area contributed by atoms with E-state index in [0.29, 0.717) is 22.2 Å². The van der Waals surface area contributed by atoms with Crippen molar-refractivity contribution in [1.29, 1.82) is 0 Å². The van der Waals surface area contributed by atoms with E-state index in [9.17, 15) is 15.3 Å². The highest BCUT2D eigenvalue weighted by atomic mass is 32.1. The van der Waals surface area contributed by atoms with Gasteiger partial charge in [-0.05, 0) is 47.9 Å². The fourth-order valence-corrected chi connectivity index (χ4v) is 3.77. The van der Waals surface area contributed by atoms with Gasteiger partial charge in [0.1, 0.15) is 5.69 Å². The molecule has 0 bridgehead atoms. The fraction of sp³-hybridized carbons (Fsp3) is 0.130. The van der Waals surface area contributed by atoms with Gasteiger partial charge in [-0.2, -0.15) is 5.10 Å². The summed E-state index contributed by atoms with van der Waals surface area (Å²) in [6, 6.07) is 14.4. The zero-order valence-corrected chi connectivity index (χ0v) is 17.7. The summed E-state index contributed by atoms with van der Waals surface area (Å²) in [6.07, 6.45) is 2.96. The molecule has 2 aromatic carbocycles. The summed E-state index contributed by atoms with van der Waals surface area (Å²) < 4.78 is 7.12. The lowest BCUT2D eigenvalue weighted by molar-refractivity contribution is 0.367. The molecule has 3 N–H and O–H groups in total. The van der Waals surface area contributed by atoms with Gasteiger partial charge in [0.05, 0.1) is 18.2 Å². The number of aromatic nitrogens is 1. The molecule has 4 rings (SSSR count). The van der Waals surface area contributed by atoms with Crippen LogP contribution in [-0.2, 0) is 0 Å². The Kier molecular flexibility index (Phi) is 5.64. The maximum atomic E-state index is 10.1. The molecule has 2 aromatic heterocycles. The van der Waals surface area contributed by atoms with Crippen LogP contribution in [0.5, 0.6) is 17.2 Å². The molecule has 0 saturated carbocycles. The molecule has 0 radical (unpaired) electrons. The molecule has 0 aliphatic rings. The van der Waals surface area contributed by atoms with Gasteiger partial charge in [0.25, 0.3) is 0 Å². The topological polar surface area (TPSA) is 103 Å². The lowest BCUT2D eigenvalue weighted by atomic mass is 10.0. The molecule has 0 spiro atoms. The van der Waals surface area contributed by atoms with E-state index in [1.807, 2.05) is 23.6 Å². The van der Waals surface area contributed by atoms with Crippen LogP contribution in [-0.4, -0.2) is 26.2 Å². The molecule has 0 aliphatic carbocycles. The van der Waals surface area contributed by atoms with E-state index in [2.05, 4.69) is 31.1 Å². The van der Waals surface area contributed by atoms with Gasteiger partial charge in [0.2, 0.25) is 10.6 Å². The van der Waals surface area contributed by atoms with Crippen LogP contribution in [0.3, 0.4) is 0 Å². The van der Waals surface area contributed by atoms with Crippen molar-refractivity contribution in [2.45, 2.75) is 19.8 Å². The van der Waals surface area contributed by atoms with Gasteiger partial charge in [-0.15, -0.1) is 11.3 Å². The highest BCUT2D eigenvalue weighted by molar-refractivity contribution is 7.07. The molecule has 7 nitrogen and oxygen atoms in total. The van der Waals surface area contributed by atoms with Crippen molar-refractivity contribution < 1.29 is 19.7 Å². The second kappa shape index (κ2) is 8.53.